The smallest absolute Gasteiger partial charge is 0.165 e. The van der Waals surface area contributed by atoms with E-state index in [0.717, 1.165) is 38.1 Å². The Morgan fingerprint density at radius 2 is 2.25 bits per heavy atom. The molecule has 3 nitrogen and oxygen atoms in total. The monoisotopic (exact) mass is 337 g/mol. The first-order chi connectivity index (χ1) is 9.60. The Morgan fingerprint density at radius 1 is 1.40 bits per heavy atom. The summed E-state index contributed by atoms with van der Waals surface area (Å²) in [5.74, 6) is 1.08. The van der Waals surface area contributed by atoms with Gasteiger partial charge in [-0.2, -0.15) is 0 Å². The molecule has 0 bridgehead atoms. The van der Waals surface area contributed by atoms with E-state index in [2.05, 4.69) is 33.9 Å². The van der Waals surface area contributed by atoms with Crippen molar-refractivity contribution in [3.63, 3.8) is 0 Å². The minimum atomic E-state index is 0.123. The zero-order valence-electron chi connectivity index (χ0n) is 11.7. The van der Waals surface area contributed by atoms with Crippen LogP contribution in [0.15, 0.2) is 12.1 Å². The van der Waals surface area contributed by atoms with Crippen LogP contribution in [-0.2, 0) is 12.0 Å². The van der Waals surface area contributed by atoms with Crippen LogP contribution < -0.4 is 4.74 Å². The van der Waals surface area contributed by atoms with E-state index in [1.165, 1.54) is 17.5 Å². The number of nitrogens with zero attached hydrogens (tertiary/aromatic N) is 1. The summed E-state index contributed by atoms with van der Waals surface area (Å²) in [4.78, 5) is 2.93. The molecule has 1 N–H and O–H groups in total. The number of benzene rings is 1. The summed E-state index contributed by atoms with van der Waals surface area (Å²) in [5, 5.41) is 10.2. The zero-order chi connectivity index (χ0) is 13.9. The lowest BCUT2D eigenvalue weighted by atomic mass is 9.66. The van der Waals surface area contributed by atoms with Crippen molar-refractivity contribution < 1.29 is 9.84 Å². The number of phenolic OH excluding ortho intramolecular Hbond substituents is 1. The largest absolute Gasteiger partial charge is 0.504 e. The summed E-state index contributed by atoms with van der Waals surface area (Å²) in [6.07, 6.45) is 4.74. The molecule has 1 aliphatic carbocycles. The van der Waals surface area contributed by atoms with Crippen LogP contribution in [0.4, 0.5) is 0 Å². The molecule has 1 fully saturated rings. The van der Waals surface area contributed by atoms with Crippen LogP contribution in [-0.4, -0.2) is 34.5 Å². The van der Waals surface area contributed by atoms with Gasteiger partial charge in [0.2, 0.25) is 0 Å². The van der Waals surface area contributed by atoms with Crippen LogP contribution in [0.3, 0.4) is 0 Å². The number of hydrogen-bond donors (Lipinski definition) is 1. The second-order valence-electron chi connectivity index (χ2n) is 6.57. The van der Waals surface area contributed by atoms with Gasteiger partial charge in [0.1, 0.15) is 6.10 Å². The number of rotatable bonds is 0. The van der Waals surface area contributed by atoms with Gasteiger partial charge in [-0.25, -0.2) is 0 Å². The highest BCUT2D eigenvalue weighted by Crippen LogP contribution is 2.57. The number of aromatic hydroxyl groups is 1. The molecule has 3 aliphatic rings. The summed E-state index contributed by atoms with van der Waals surface area (Å²) in [6.45, 7) is 2.06. The minimum absolute atomic E-state index is 0.123. The highest BCUT2D eigenvalue weighted by atomic mass is 79.9. The Balaban J connectivity index is 1.91. The van der Waals surface area contributed by atoms with Crippen molar-refractivity contribution in [1.29, 1.82) is 0 Å². The maximum Gasteiger partial charge on any atom is 0.165 e. The average molecular weight is 338 g/mol. The van der Waals surface area contributed by atoms with Gasteiger partial charge >= 0.3 is 0 Å². The van der Waals surface area contributed by atoms with E-state index in [-0.39, 0.29) is 11.5 Å². The minimum Gasteiger partial charge on any atom is -0.504 e. The molecule has 2 heterocycles. The first-order valence-electron chi connectivity index (χ1n) is 7.45. The van der Waals surface area contributed by atoms with Gasteiger partial charge in [-0.3, -0.25) is 0 Å². The molecular formula is C16H20BrNO2. The molecule has 1 spiro atoms. The molecule has 4 rings (SSSR count). The predicted molar refractivity (Wildman–Crippen MR) is 81.7 cm³/mol. The first-order valence-corrected chi connectivity index (χ1v) is 8.36. The Bertz CT molecular complexity index is 562. The fourth-order valence-electron chi connectivity index (χ4n) is 4.32. The van der Waals surface area contributed by atoms with Crippen molar-refractivity contribution in [3.8, 4) is 11.5 Å². The molecule has 3 atom stereocenters. The normalized spacial score (nSPS) is 35.9. The van der Waals surface area contributed by atoms with Crippen LogP contribution in [0.25, 0.3) is 0 Å². The Morgan fingerprint density at radius 3 is 3.10 bits per heavy atom. The summed E-state index contributed by atoms with van der Waals surface area (Å²) in [7, 11) is 2.18. The number of phenols is 1. The van der Waals surface area contributed by atoms with Crippen molar-refractivity contribution in [2.24, 2.45) is 0 Å². The summed E-state index contributed by atoms with van der Waals surface area (Å²) < 4.78 is 6.22. The highest BCUT2D eigenvalue weighted by Gasteiger charge is 2.54. The Labute approximate surface area is 128 Å². The van der Waals surface area contributed by atoms with Crippen molar-refractivity contribution >= 4 is 15.9 Å². The zero-order valence-corrected chi connectivity index (χ0v) is 13.3. The number of alkyl halides is 1. The van der Waals surface area contributed by atoms with Gasteiger partial charge in [0.25, 0.3) is 0 Å². The molecule has 0 saturated heterocycles. The number of ether oxygens (including phenoxy) is 1. The molecule has 0 amide bonds. The molecule has 20 heavy (non-hydrogen) atoms. The van der Waals surface area contributed by atoms with Crippen LogP contribution >= 0.6 is 15.9 Å². The molecule has 1 saturated carbocycles. The second-order valence-corrected chi connectivity index (χ2v) is 7.86. The molecule has 1 aromatic carbocycles. The molecule has 1 aromatic rings. The van der Waals surface area contributed by atoms with Crippen LogP contribution in [0.1, 0.15) is 36.8 Å². The Hall–Kier alpha value is -0.740. The number of hydrogen-bond acceptors (Lipinski definition) is 3. The molecule has 108 valence electrons. The quantitative estimate of drug-likeness (QED) is 0.738. The van der Waals surface area contributed by atoms with Gasteiger partial charge < -0.3 is 14.7 Å². The maximum absolute atomic E-state index is 10.2. The van der Waals surface area contributed by atoms with E-state index >= 15 is 0 Å². The van der Waals surface area contributed by atoms with Crippen molar-refractivity contribution in [2.45, 2.75) is 48.6 Å². The van der Waals surface area contributed by atoms with Gasteiger partial charge in [0.15, 0.2) is 11.5 Å². The summed E-state index contributed by atoms with van der Waals surface area (Å²) in [5.41, 5.74) is 2.78. The van der Waals surface area contributed by atoms with Gasteiger partial charge in [0, 0.05) is 22.4 Å². The topological polar surface area (TPSA) is 32.7 Å². The van der Waals surface area contributed by atoms with Crippen LogP contribution in [0.5, 0.6) is 11.5 Å². The predicted octanol–water partition coefficient (Wildman–Crippen LogP) is 3.17. The third-order valence-electron chi connectivity index (χ3n) is 5.35. The van der Waals surface area contributed by atoms with E-state index in [0.29, 0.717) is 10.6 Å². The van der Waals surface area contributed by atoms with Crippen LogP contribution in [0.2, 0.25) is 0 Å². The SMILES string of the molecule is CN1CCC23CCC(Br)CC2Oc2c(O)ccc(c23)C1. The fraction of sp³-hybridized carbons (Fsp3) is 0.625. The Kier molecular flexibility index (Phi) is 2.84. The highest BCUT2D eigenvalue weighted by molar-refractivity contribution is 9.09. The molecule has 3 unspecified atom stereocenters. The third kappa shape index (κ3) is 1.67. The lowest BCUT2D eigenvalue weighted by molar-refractivity contribution is 0.0906. The molecule has 4 heteroatoms. The lowest BCUT2D eigenvalue weighted by Crippen LogP contribution is -2.44. The van der Waals surface area contributed by atoms with Crippen LogP contribution in [0, 0.1) is 0 Å². The van der Waals surface area contributed by atoms with E-state index in [9.17, 15) is 5.11 Å². The summed E-state index contributed by atoms with van der Waals surface area (Å²) in [6, 6.07) is 3.88. The van der Waals surface area contributed by atoms with Gasteiger partial charge in [-0.05, 0) is 50.9 Å². The first kappa shape index (κ1) is 13.0. The van der Waals surface area contributed by atoms with Crippen molar-refractivity contribution in [1.82, 2.24) is 4.90 Å². The van der Waals surface area contributed by atoms with Crippen molar-refractivity contribution in [3.05, 3.63) is 23.3 Å². The van der Waals surface area contributed by atoms with E-state index in [1.807, 2.05) is 0 Å². The van der Waals surface area contributed by atoms with E-state index in [4.69, 9.17) is 4.74 Å². The summed E-state index contributed by atoms with van der Waals surface area (Å²) >= 11 is 3.76. The second kappa shape index (κ2) is 4.38. The molecule has 2 aliphatic heterocycles. The van der Waals surface area contributed by atoms with Gasteiger partial charge in [-0.1, -0.05) is 22.0 Å². The van der Waals surface area contributed by atoms with E-state index < -0.39 is 0 Å². The number of halogens is 1. The maximum atomic E-state index is 10.2. The lowest BCUT2D eigenvalue weighted by Gasteiger charge is -2.40. The fourth-order valence-corrected chi connectivity index (χ4v) is 4.89. The molecule has 0 aromatic heterocycles. The molecular weight excluding hydrogens is 318 g/mol. The molecule has 0 radical (unpaired) electrons. The van der Waals surface area contributed by atoms with Gasteiger partial charge in [0.05, 0.1) is 0 Å². The standard InChI is InChI=1S/C16H20BrNO2/c1-18-7-6-16-5-4-11(17)8-13(16)20-15-12(19)3-2-10(9-18)14(15)16/h2-3,11,13,19H,4-9H2,1H3. The van der Waals surface area contributed by atoms with E-state index in [1.54, 1.807) is 6.07 Å². The van der Waals surface area contributed by atoms with Gasteiger partial charge in [-0.15, -0.1) is 0 Å². The van der Waals surface area contributed by atoms with Crippen molar-refractivity contribution in [2.75, 3.05) is 13.6 Å². The third-order valence-corrected chi connectivity index (χ3v) is 6.18. The average Bonchev–Trinajstić information content (AvgIpc) is 2.68.